The lowest BCUT2D eigenvalue weighted by Crippen LogP contribution is -2.19. The first-order valence-electron chi connectivity index (χ1n) is 6.33. The van der Waals surface area contributed by atoms with Crippen molar-refractivity contribution in [2.45, 2.75) is 6.92 Å². The Bertz CT molecular complexity index is 742. The normalized spacial score (nSPS) is 11.1. The van der Waals surface area contributed by atoms with E-state index in [0.29, 0.717) is 21.9 Å². The zero-order valence-electron chi connectivity index (χ0n) is 11.6. The molecule has 0 unspecified atom stereocenters. The van der Waals surface area contributed by atoms with E-state index in [2.05, 4.69) is 10.5 Å². The van der Waals surface area contributed by atoms with Crippen LogP contribution in [0.3, 0.4) is 0 Å². The number of carbonyl (C=O) groups excluding carboxylic acids is 1. The Balaban J connectivity index is 2.18. The minimum absolute atomic E-state index is 0.0653. The maximum absolute atomic E-state index is 11.9. The van der Waals surface area contributed by atoms with Crippen molar-refractivity contribution in [3.05, 3.63) is 74.8 Å². The van der Waals surface area contributed by atoms with E-state index in [1.807, 2.05) is 0 Å². The van der Waals surface area contributed by atoms with Gasteiger partial charge in [0.1, 0.15) is 0 Å². The molecule has 0 fully saturated rings. The van der Waals surface area contributed by atoms with Gasteiger partial charge in [0.25, 0.3) is 11.6 Å². The molecular weight excluding hydrogens is 306 g/mol. The molecule has 0 aliphatic carbocycles. The first kappa shape index (κ1) is 15.7. The van der Waals surface area contributed by atoms with Crippen LogP contribution in [0.1, 0.15) is 22.8 Å². The van der Waals surface area contributed by atoms with Gasteiger partial charge in [-0.2, -0.15) is 5.10 Å². The van der Waals surface area contributed by atoms with E-state index in [4.69, 9.17) is 11.6 Å². The summed E-state index contributed by atoms with van der Waals surface area (Å²) >= 11 is 5.75. The van der Waals surface area contributed by atoms with Gasteiger partial charge in [0.15, 0.2) is 0 Å². The van der Waals surface area contributed by atoms with Crippen molar-refractivity contribution in [3.8, 4) is 0 Å². The van der Waals surface area contributed by atoms with Crippen LogP contribution in [0.4, 0.5) is 5.69 Å². The number of nitro groups is 1. The molecule has 1 amide bonds. The van der Waals surface area contributed by atoms with Crippen LogP contribution in [0.15, 0.2) is 53.6 Å². The lowest BCUT2D eigenvalue weighted by Gasteiger charge is -2.04. The molecule has 0 heterocycles. The van der Waals surface area contributed by atoms with E-state index >= 15 is 0 Å². The quantitative estimate of drug-likeness (QED) is 0.533. The number of amides is 1. The average molecular weight is 318 g/mol. The van der Waals surface area contributed by atoms with Crippen LogP contribution < -0.4 is 5.43 Å². The number of halogens is 1. The van der Waals surface area contributed by atoms with Crippen molar-refractivity contribution in [1.29, 1.82) is 0 Å². The molecule has 22 heavy (non-hydrogen) atoms. The summed E-state index contributed by atoms with van der Waals surface area (Å²) < 4.78 is 0. The van der Waals surface area contributed by atoms with Crippen LogP contribution in [-0.4, -0.2) is 16.5 Å². The van der Waals surface area contributed by atoms with Crippen LogP contribution in [0.25, 0.3) is 0 Å². The molecule has 0 saturated carbocycles. The lowest BCUT2D eigenvalue weighted by molar-refractivity contribution is -0.385. The van der Waals surface area contributed by atoms with Crippen molar-refractivity contribution < 1.29 is 9.72 Å². The van der Waals surface area contributed by atoms with Crippen LogP contribution in [0.2, 0.25) is 5.02 Å². The van der Waals surface area contributed by atoms with E-state index in [1.165, 1.54) is 6.07 Å². The Morgan fingerprint density at radius 2 is 1.82 bits per heavy atom. The minimum atomic E-state index is -0.491. The summed E-state index contributed by atoms with van der Waals surface area (Å²) in [6.07, 6.45) is 0. The van der Waals surface area contributed by atoms with E-state index < -0.39 is 10.8 Å². The number of nitro benzene ring substituents is 1. The average Bonchev–Trinajstić information content (AvgIpc) is 2.53. The molecule has 0 radical (unpaired) electrons. The highest BCUT2D eigenvalue weighted by atomic mass is 35.5. The predicted molar refractivity (Wildman–Crippen MR) is 84.2 cm³/mol. The number of hydrazone groups is 1. The van der Waals surface area contributed by atoms with Crippen molar-refractivity contribution in [1.82, 2.24) is 5.43 Å². The van der Waals surface area contributed by atoms with Gasteiger partial charge < -0.3 is 0 Å². The fourth-order valence-corrected chi connectivity index (χ4v) is 1.93. The molecule has 112 valence electrons. The Kier molecular flexibility index (Phi) is 4.85. The number of benzene rings is 2. The molecule has 0 spiro atoms. The molecule has 0 aliphatic heterocycles. The van der Waals surface area contributed by atoms with E-state index in [1.54, 1.807) is 49.4 Å². The van der Waals surface area contributed by atoms with Crippen LogP contribution >= 0.6 is 11.6 Å². The summed E-state index contributed by atoms with van der Waals surface area (Å²) in [6, 6.07) is 12.5. The highest BCUT2D eigenvalue weighted by Gasteiger charge is 2.15. The number of carbonyl (C=O) groups is 1. The SMILES string of the molecule is C/C(=N/NC(=O)c1ccc(Cl)cc1)c1ccccc1[N+](=O)[O-]. The largest absolute Gasteiger partial charge is 0.278 e. The van der Waals surface area contributed by atoms with Crippen molar-refractivity contribution in [3.63, 3.8) is 0 Å². The maximum atomic E-state index is 11.9. The summed E-state index contributed by atoms with van der Waals surface area (Å²) in [5.74, 6) is -0.422. The topological polar surface area (TPSA) is 84.6 Å². The third-order valence-corrected chi connectivity index (χ3v) is 3.17. The first-order chi connectivity index (χ1) is 10.5. The van der Waals surface area contributed by atoms with Crippen molar-refractivity contribution >= 4 is 28.9 Å². The van der Waals surface area contributed by atoms with Gasteiger partial charge in [0, 0.05) is 16.7 Å². The van der Waals surface area contributed by atoms with Gasteiger partial charge in [0.05, 0.1) is 16.2 Å². The molecule has 6 nitrogen and oxygen atoms in total. The van der Waals surface area contributed by atoms with Gasteiger partial charge in [-0.1, -0.05) is 23.7 Å². The van der Waals surface area contributed by atoms with Crippen molar-refractivity contribution in [2.24, 2.45) is 5.10 Å². The maximum Gasteiger partial charge on any atom is 0.278 e. The minimum Gasteiger partial charge on any atom is -0.267 e. The Morgan fingerprint density at radius 3 is 2.45 bits per heavy atom. The van der Waals surface area contributed by atoms with Crippen LogP contribution in [-0.2, 0) is 0 Å². The highest BCUT2D eigenvalue weighted by Crippen LogP contribution is 2.18. The number of para-hydroxylation sites is 1. The smallest absolute Gasteiger partial charge is 0.267 e. The number of hydrogen-bond donors (Lipinski definition) is 1. The molecule has 2 aromatic rings. The van der Waals surface area contributed by atoms with Gasteiger partial charge in [0.2, 0.25) is 0 Å². The highest BCUT2D eigenvalue weighted by molar-refractivity contribution is 6.30. The molecule has 0 aliphatic rings. The first-order valence-corrected chi connectivity index (χ1v) is 6.71. The van der Waals surface area contributed by atoms with Gasteiger partial charge in [-0.05, 0) is 37.3 Å². The van der Waals surface area contributed by atoms with Crippen LogP contribution in [0.5, 0.6) is 0 Å². The Labute approximate surface area is 131 Å². The summed E-state index contributed by atoms with van der Waals surface area (Å²) in [7, 11) is 0. The molecular formula is C15H12ClN3O3. The zero-order valence-corrected chi connectivity index (χ0v) is 12.4. The molecule has 0 atom stereocenters. The summed E-state index contributed by atoms with van der Waals surface area (Å²) in [6.45, 7) is 1.59. The van der Waals surface area contributed by atoms with Crippen LogP contribution in [0, 0.1) is 10.1 Å². The predicted octanol–water partition coefficient (Wildman–Crippen LogP) is 3.40. The second-order valence-electron chi connectivity index (χ2n) is 4.42. The number of nitrogens with one attached hydrogen (secondary N) is 1. The summed E-state index contributed by atoms with van der Waals surface area (Å²) in [4.78, 5) is 22.4. The molecule has 7 heteroatoms. The van der Waals surface area contributed by atoms with E-state index in [9.17, 15) is 14.9 Å². The number of hydrogen-bond acceptors (Lipinski definition) is 4. The number of nitrogens with zero attached hydrogens (tertiary/aromatic N) is 2. The summed E-state index contributed by atoms with van der Waals surface area (Å²) in [5.41, 5.74) is 3.39. The fraction of sp³-hybridized carbons (Fsp3) is 0.0667. The second-order valence-corrected chi connectivity index (χ2v) is 4.86. The van der Waals surface area contributed by atoms with Gasteiger partial charge >= 0.3 is 0 Å². The third-order valence-electron chi connectivity index (χ3n) is 2.92. The molecule has 0 aromatic heterocycles. The molecule has 0 bridgehead atoms. The lowest BCUT2D eigenvalue weighted by atomic mass is 10.1. The molecule has 2 aromatic carbocycles. The standard InChI is InChI=1S/C15H12ClN3O3/c1-10(13-4-2-3-5-14(13)19(21)22)17-18-15(20)11-6-8-12(16)9-7-11/h2-9H,1H3,(H,18,20)/b17-10-. The molecule has 0 saturated heterocycles. The number of rotatable bonds is 4. The Hall–Kier alpha value is -2.73. The zero-order chi connectivity index (χ0) is 16.1. The van der Waals surface area contributed by atoms with E-state index in [-0.39, 0.29) is 5.69 Å². The summed E-state index contributed by atoms with van der Waals surface area (Å²) in [5, 5.41) is 15.4. The van der Waals surface area contributed by atoms with Crippen molar-refractivity contribution in [2.75, 3.05) is 0 Å². The Morgan fingerprint density at radius 1 is 1.18 bits per heavy atom. The van der Waals surface area contributed by atoms with E-state index in [0.717, 1.165) is 0 Å². The molecule has 2 rings (SSSR count). The third kappa shape index (κ3) is 3.67. The molecule has 1 N–H and O–H groups in total. The van der Waals surface area contributed by atoms with Gasteiger partial charge in [-0.15, -0.1) is 0 Å². The van der Waals surface area contributed by atoms with Gasteiger partial charge in [-0.25, -0.2) is 5.43 Å². The van der Waals surface area contributed by atoms with Gasteiger partial charge in [-0.3, -0.25) is 14.9 Å². The fourth-order valence-electron chi connectivity index (χ4n) is 1.80. The second kappa shape index (κ2) is 6.82. The monoisotopic (exact) mass is 317 g/mol.